The molecule has 0 unspecified atom stereocenters. The number of halogens is 1. The molecule has 0 spiro atoms. The minimum absolute atomic E-state index is 0.289. The summed E-state index contributed by atoms with van der Waals surface area (Å²) >= 11 is 6.03. The summed E-state index contributed by atoms with van der Waals surface area (Å²) in [4.78, 5) is 11.0. The molecule has 1 aliphatic rings. The third kappa shape index (κ3) is 1.61. The monoisotopic (exact) mass is 210 g/mol. The fraction of sp³-hybridized carbons (Fsp3) is 0.300. The highest BCUT2D eigenvalue weighted by atomic mass is 35.5. The molecule has 1 aromatic carbocycles. The van der Waals surface area contributed by atoms with E-state index in [-0.39, 0.29) is 11.9 Å². The van der Waals surface area contributed by atoms with Crippen LogP contribution in [0.3, 0.4) is 0 Å². The zero-order valence-electron chi connectivity index (χ0n) is 7.59. The van der Waals surface area contributed by atoms with Crippen LogP contribution in [-0.4, -0.2) is 11.9 Å². The van der Waals surface area contributed by atoms with Crippen molar-refractivity contribution in [1.82, 2.24) is 5.32 Å². The molecule has 2 rings (SSSR count). The molecule has 0 aliphatic carbocycles. The molecule has 0 fully saturated rings. The molecular formula is C10H11ClN2O. The largest absolute Gasteiger partial charge is 0.368 e. The van der Waals surface area contributed by atoms with E-state index in [1.165, 1.54) is 0 Å². The molecule has 1 aromatic rings. The van der Waals surface area contributed by atoms with Crippen molar-refractivity contribution in [3.05, 3.63) is 34.3 Å². The fourth-order valence-electron chi connectivity index (χ4n) is 1.71. The fourth-order valence-corrected chi connectivity index (χ4v) is 1.98. The highest BCUT2D eigenvalue weighted by Crippen LogP contribution is 2.24. The lowest BCUT2D eigenvalue weighted by molar-refractivity contribution is -0.120. The molecule has 1 atom stereocenters. The number of benzene rings is 1. The molecule has 1 aliphatic heterocycles. The van der Waals surface area contributed by atoms with Gasteiger partial charge in [-0.1, -0.05) is 23.7 Å². The Labute approximate surface area is 87.2 Å². The van der Waals surface area contributed by atoms with Crippen molar-refractivity contribution >= 4 is 17.5 Å². The summed E-state index contributed by atoms with van der Waals surface area (Å²) in [6.07, 6.45) is 0.588. The van der Waals surface area contributed by atoms with Gasteiger partial charge in [-0.15, -0.1) is 0 Å². The Balaban J connectivity index is 2.33. The zero-order valence-corrected chi connectivity index (χ0v) is 8.34. The maximum atomic E-state index is 11.0. The summed E-state index contributed by atoms with van der Waals surface area (Å²) in [5.41, 5.74) is 7.42. The third-order valence-electron chi connectivity index (χ3n) is 2.51. The first-order valence-electron chi connectivity index (χ1n) is 4.47. The van der Waals surface area contributed by atoms with Gasteiger partial charge in [-0.25, -0.2) is 0 Å². The number of carbonyl (C=O) groups is 1. The van der Waals surface area contributed by atoms with Gasteiger partial charge in [0.15, 0.2) is 0 Å². The van der Waals surface area contributed by atoms with Gasteiger partial charge in [-0.05, 0) is 23.6 Å². The van der Waals surface area contributed by atoms with Gasteiger partial charge in [0.2, 0.25) is 5.91 Å². The lowest BCUT2D eigenvalue weighted by atomic mass is 9.95. The predicted molar refractivity (Wildman–Crippen MR) is 55.0 cm³/mol. The molecule has 0 bridgehead atoms. The molecule has 0 saturated carbocycles. The Kier molecular flexibility index (Phi) is 2.44. The van der Waals surface area contributed by atoms with Crippen molar-refractivity contribution in [2.45, 2.75) is 19.0 Å². The van der Waals surface area contributed by atoms with Crippen LogP contribution in [0, 0.1) is 0 Å². The quantitative estimate of drug-likeness (QED) is 0.722. The Bertz CT molecular complexity index is 378. The molecule has 3 N–H and O–H groups in total. The van der Waals surface area contributed by atoms with Gasteiger partial charge in [0, 0.05) is 11.6 Å². The standard InChI is InChI=1S/C10H11ClN2O/c11-8-3-1-2-6-5-13-9(10(12)14)4-7(6)8/h1-3,9,13H,4-5H2,(H2,12,14)/t9-/m1/s1. The Morgan fingerprint density at radius 2 is 2.36 bits per heavy atom. The predicted octanol–water partition coefficient (Wildman–Crippen LogP) is 0.840. The van der Waals surface area contributed by atoms with E-state index in [9.17, 15) is 4.79 Å². The number of primary amides is 1. The van der Waals surface area contributed by atoms with Gasteiger partial charge < -0.3 is 11.1 Å². The Morgan fingerprint density at radius 1 is 1.57 bits per heavy atom. The summed E-state index contributed by atoms with van der Waals surface area (Å²) in [6, 6.07) is 5.46. The van der Waals surface area contributed by atoms with E-state index in [2.05, 4.69) is 5.32 Å². The second-order valence-electron chi connectivity index (χ2n) is 3.42. The lowest BCUT2D eigenvalue weighted by Gasteiger charge is -2.24. The number of carbonyl (C=O) groups excluding carboxylic acids is 1. The van der Waals surface area contributed by atoms with Crippen molar-refractivity contribution in [3.8, 4) is 0 Å². The van der Waals surface area contributed by atoms with Gasteiger partial charge in [-0.3, -0.25) is 4.79 Å². The first-order valence-corrected chi connectivity index (χ1v) is 4.85. The van der Waals surface area contributed by atoms with E-state index < -0.39 is 0 Å². The number of nitrogens with two attached hydrogens (primary N) is 1. The molecule has 74 valence electrons. The second-order valence-corrected chi connectivity index (χ2v) is 3.82. The van der Waals surface area contributed by atoms with E-state index in [1.807, 2.05) is 18.2 Å². The van der Waals surface area contributed by atoms with Crippen LogP contribution in [0.2, 0.25) is 5.02 Å². The maximum Gasteiger partial charge on any atom is 0.234 e. The van der Waals surface area contributed by atoms with Crippen molar-refractivity contribution < 1.29 is 4.79 Å². The zero-order chi connectivity index (χ0) is 10.1. The number of fused-ring (bicyclic) bond motifs is 1. The van der Waals surface area contributed by atoms with Gasteiger partial charge in [0.1, 0.15) is 0 Å². The van der Waals surface area contributed by atoms with Crippen LogP contribution in [0.1, 0.15) is 11.1 Å². The topological polar surface area (TPSA) is 55.1 Å². The minimum atomic E-state index is -0.324. The summed E-state index contributed by atoms with van der Waals surface area (Å²) in [5.74, 6) is -0.324. The minimum Gasteiger partial charge on any atom is -0.368 e. The number of hydrogen-bond acceptors (Lipinski definition) is 2. The Morgan fingerprint density at radius 3 is 3.07 bits per heavy atom. The highest BCUT2D eigenvalue weighted by Gasteiger charge is 2.23. The molecule has 1 heterocycles. The van der Waals surface area contributed by atoms with Crippen LogP contribution < -0.4 is 11.1 Å². The van der Waals surface area contributed by atoms with Crippen molar-refractivity contribution in [2.75, 3.05) is 0 Å². The first kappa shape index (κ1) is 9.49. The summed E-state index contributed by atoms with van der Waals surface area (Å²) in [6.45, 7) is 0.656. The van der Waals surface area contributed by atoms with Crippen molar-refractivity contribution in [3.63, 3.8) is 0 Å². The first-order chi connectivity index (χ1) is 6.68. The van der Waals surface area contributed by atoms with Crippen LogP contribution in [-0.2, 0) is 17.8 Å². The number of amides is 1. The van der Waals surface area contributed by atoms with Crippen molar-refractivity contribution in [1.29, 1.82) is 0 Å². The molecule has 0 radical (unpaired) electrons. The van der Waals surface area contributed by atoms with E-state index in [1.54, 1.807) is 0 Å². The second kappa shape index (κ2) is 3.59. The van der Waals surface area contributed by atoms with Gasteiger partial charge >= 0.3 is 0 Å². The SMILES string of the molecule is NC(=O)[C@H]1Cc2c(Cl)cccc2CN1. The summed E-state index contributed by atoms with van der Waals surface area (Å²) in [7, 11) is 0. The molecule has 14 heavy (non-hydrogen) atoms. The molecule has 4 heteroatoms. The number of hydrogen-bond donors (Lipinski definition) is 2. The van der Waals surface area contributed by atoms with Gasteiger partial charge in [0.25, 0.3) is 0 Å². The normalized spacial score (nSPS) is 20.2. The molecule has 0 aromatic heterocycles. The molecule has 3 nitrogen and oxygen atoms in total. The summed E-state index contributed by atoms with van der Waals surface area (Å²) in [5, 5.41) is 3.79. The van der Waals surface area contributed by atoms with Crippen LogP contribution in [0.5, 0.6) is 0 Å². The van der Waals surface area contributed by atoms with Crippen LogP contribution in [0.4, 0.5) is 0 Å². The lowest BCUT2D eigenvalue weighted by Crippen LogP contribution is -2.45. The Hall–Kier alpha value is -1.06. The van der Waals surface area contributed by atoms with Crippen LogP contribution in [0.25, 0.3) is 0 Å². The van der Waals surface area contributed by atoms with Crippen LogP contribution >= 0.6 is 11.6 Å². The average Bonchev–Trinajstić information content (AvgIpc) is 2.18. The molecule has 1 amide bonds. The number of rotatable bonds is 1. The highest BCUT2D eigenvalue weighted by molar-refractivity contribution is 6.31. The maximum absolute atomic E-state index is 11.0. The summed E-state index contributed by atoms with van der Waals surface area (Å²) < 4.78 is 0. The van der Waals surface area contributed by atoms with Gasteiger partial charge in [-0.2, -0.15) is 0 Å². The average molecular weight is 211 g/mol. The van der Waals surface area contributed by atoms with Gasteiger partial charge in [0.05, 0.1) is 6.04 Å². The van der Waals surface area contributed by atoms with Crippen LogP contribution in [0.15, 0.2) is 18.2 Å². The van der Waals surface area contributed by atoms with Crippen molar-refractivity contribution in [2.24, 2.45) is 5.73 Å². The van der Waals surface area contributed by atoms with E-state index in [0.717, 1.165) is 16.1 Å². The third-order valence-corrected chi connectivity index (χ3v) is 2.86. The molecule has 0 saturated heterocycles. The number of nitrogens with one attached hydrogen (secondary N) is 1. The van der Waals surface area contributed by atoms with E-state index >= 15 is 0 Å². The van der Waals surface area contributed by atoms with E-state index in [0.29, 0.717) is 13.0 Å². The smallest absolute Gasteiger partial charge is 0.234 e. The van der Waals surface area contributed by atoms with E-state index in [4.69, 9.17) is 17.3 Å². The molecular weight excluding hydrogens is 200 g/mol.